The fourth-order valence-electron chi connectivity index (χ4n) is 3.23. The van der Waals surface area contributed by atoms with E-state index in [4.69, 9.17) is 4.74 Å². The number of rotatable bonds is 8. The second kappa shape index (κ2) is 10.1. The molecule has 0 aliphatic rings. The first-order chi connectivity index (χ1) is 15.6. The number of aromatic nitrogens is 3. The highest BCUT2D eigenvalue weighted by atomic mass is 32.1. The van der Waals surface area contributed by atoms with Crippen LogP contribution in [0.1, 0.15) is 34.8 Å². The number of carbonyl (C=O) groups excluding carboxylic acids is 1. The van der Waals surface area contributed by atoms with E-state index in [0.29, 0.717) is 12.4 Å². The van der Waals surface area contributed by atoms with Crippen molar-refractivity contribution in [2.24, 2.45) is 0 Å². The maximum atomic E-state index is 12.5. The molecule has 0 saturated carbocycles. The van der Waals surface area contributed by atoms with E-state index in [1.165, 1.54) is 6.08 Å². The Morgan fingerprint density at radius 1 is 1.22 bits per heavy atom. The zero-order valence-electron chi connectivity index (χ0n) is 17.9. The first kappa shape index (κ1) is 21.5. The van der Waals surface area contributed by atoms with Gasteiger partial charge < -0.3 is 14.6 Å². The van der Waals surface area contributed by atoms with Gasteiger partial charge in [0.1, 0.15) is 12.4 Å². The molecule has 6 nitrogen and oxygen atoms in total. The van der Waals surface area contributed by atoms with Gasteiger partial charge in [0.2, 0.25) is 5.91 Å². The minimum atomic E-state index is -0.166. The third-order valence-corrected chi connectivity index (χ3v) is 5.75. The highest BCUT2D eigenvalue weighted by Crippen LogP contribution is 2.21. The number of para-hydroxylation sites is 1. The summed E-state index contributed by atoms with van der Waals surface area (Å²) in [4.78, 5) is 21.0. The molecule has 2 heterocycles. The van der Waals surface area contributed by atoms with Crippen LogP contribution in [0.15, 0.2) is 78.7 Å². The number of imidazole rings is 1. The molecule has 0 saturated heterocycles. The van der Waals surface area contributed by atoms with Gasteiger partial charge in [-0.2, -0.15) is 0 Å². The predicted molar refractivity (Wildman–Crippen MR) is 127 cm³/mol. The lowest BCUT2D eigenvalue weighted by atomic mass is 10.1. The van der Waals surface area contributed by atoms with Gasteiger partial charge in [0.15, 0.2) is 0 Å². The van der Waals surface area contributed by atoms with Gasteiger partial charge in [-0.3, -0.25) is 4.79 Å². The molecule has 0 aliphatic carbocycles. The van der Waals surface area contributed by atoms with Gasteiger partial charge in [0.25, 0.3) is 0 Å². The zero-order valence-corrected chi connectivity index (χ0v) is 18.8. The van der Waals surface area contributed by atoms with E-state index >= 15 is 0 Å². The molecule has 1 amide bonds. The molecule has 0 radical (unpaired) electrons. The maximum absolute atomic E-state index is 12.5. The standard InChI is InChI=1S/C25H24N4O2S/c1-18(20-7-10-23(11-8-20)29-14-13-26-17-29)27-25(30)12-9-21-5-3-4-6-24(21)31-15-22-16-32-19(2)28-22/h3-14,16-18H,15H2,1-2H3,(H,27,30). The number of ether oxygens (including phenoxy) is 1. The normalized spacial score (nSPS) is 12.1. The Morgan fingerprint density at radius 2 is 2.03 bits per heavy atom. The van der Waals surface area contributed by atoms with E-state index in [1.54, 1.807) is 29.9 Å². The summed E-state index contributed by atoms with van der Waals surface area (Å²) in [6, 6.07) is 15.5. The zero-order chi connectivity index (χ0) is 22.3. The van der Waals surface area contributed by atoms with Crippen LogP contribution >= 0.6 is 11.3 Å². The lowest BCUT2D eigenvalue weighted by Gasteiger charge is -2.14. The second-order valence-corrected chi connectivity index (χ2v) is 8.37. The van der Waals surface area contributed by atoms with Crippen LogP contribution in [0.2, 0.25) is 0 Å². The maximum Gasteiger partial charge on any atom is 0.244 e. The molecule has 0 bridgehead atoms. The number of hydrogen-bond acceptors (Lipinski definition) is 5. The minimum Gasteiger partial charge on any atom is -0.487 e. The van der Waals surface area contributed by atoms with Crippen molar-refractivity contribution in [2.45, 2.75) is 26.5 Å². The number of carbonyl (C=O) groups is 1. The Kier molecular flexibility index (Phi) is 6.77. The first-order valence-electron chi connectivity index (χ1n) is 10.3. The summed E-state index contributed by atoms with van der Waals surface area (Å²) in [6.07, 6.45) is 8.69. The molecule has 32 heavy (non-hydrogen) atoms. The van der Waals surface area contributed by atoms with Crippen molar-refractivity contribution in [1.29, 1.82) is 0 Å². The van der Waals surface area contributed by atoms with Crippen molar-refractivity contribution >= 4 is 23.3 Å². The van der Waals surface area contributed by atoms with Gasteiger partial charge in [-0.1, -0.05) is 30.3 Å². The van der Waals surface area contributed by atoms with Crippen molar-refractivity contribution in [2.75, 3.05) is 0 Å². The van der Waals surface area contributed by atoms with Gasteiger partial charge in [-0.15, -0.1) is 11.3 Å². The molecule has 1 N–H and O–H groups in total. The number of thiazole rings is 1. The molecule has 2 aromatic carbocycles. The summed E-state index contributed by atoms with van der Waals surface area (Å²) >= 11 is 1.60. The Labute approximate surface area is 191 Å². The molecule has 1 unspecified atom stereocenters. The topological polar surface area (TPSA) is 69.0 Å². The van der Waals surface area contributed by atoms with E-state index in [1.807, 2.05) is 78.5 Å². The quantitative estimate of drug-likeness (QED) is 0.384. The van der Waals surface area contributed by atoms with Gasteiger partial charge in [0.05, 0.1) is 23.1 Å². The largest absolute Gasteiger partial charge is 0.487 e. The average Bonchev–Trinajstić information content (AvgIpc) is 3.49. The summed E-state index contributed by atoms with van der Waals surface area (Å²) < 4.78 is 7.85. The van der Waals surface area contributed by atoms with Crippen molar-refractivity contribution in [1.82, 2.24) is 19.9 Å². The van der Waals surface area contributed by atoms with Crippen LogP contribution in [0.4, 0.5) is 0 Å². The molecule has 162 valence electrons. The van der Waals surface area contributed by atoms with E-state index in [0.717, 1.165) is 27.5 Å². The lowest BCUT2D eigenvalue weighted by molar-refractivity contribution is -0.117. The summed E-state index contributed by atoms with van der Waals surface area (Å²) in [5, 5.41) is 6.01. The Bertz CT molecular complexity index is 1200. The van der Waals surface area contributed by atoms with E-state index in [-0.39, 0.29) is 11.9 Å². The van der Waals surface area contributed by atoms with Gasteiger partial charge >= 0.3 is 0 Å². The van der Waals surface area contributed by atoms with Crippen LogP contribution < -0.4 is 10.1 Å². The van der Waals surface area contributed by atoms with Gasteiger partial charge in [-0.25, -0.2) is 9.97 Å². The van der Waals surface area contributed by atoms with Gasteiger partial charge in [-0.05, 0) is 43.7 Å². The Balaban J connectivity index is 1.36. The number of nitrogens with zero attached hydrogens (tertiary/aromatic N) is 3. The van der Waals surface area contributed by atoms with Crippen LogP contribution in [0, 0.1) is 6.92 Å². The molecule has 1 atom stereocenters. The van der Waals surface area contributed by atoms with Crippen LogP contribution in [-0.4, -0.2) is 20.4 Å². The van der Waals surface area contributed by atoms with Crippen molar-refractivity contribution in [3.8, 4) is 11.4 Å². The van der Waals surface area contributed by atoms with E-state index in [9.17, 15) is 4.79 Å². The molecule has 4 aromatic rings. The third kappa shape index (κ3) is 5.50. The summed E-state index contributed by atoms with van der Waals surface area (Å²) in [5.41, 5.74) is 3.79. The number of hydrogen-bond donors (Lipinski definition) is 1. The smallest absolute Gasteiger partial charge is 0.244 e. The predicted octanol–water partition coefficient (Wildman–Crippen LogP) is 5.11. The molecular formula is C25H24N4O2S. The fourth-order valence-corrected chi connectivity index (χ4v) is 3.83. The average molecular weight is 445 g/mol. The minimum absolute atomic E-state index is 0.122. The Morgan fingerprint density at radius 3 is 2.75 bits per heavy atom. The van der Waals surface area contributed by atoms with E-state index in [2.05, 4.69) is 15.3 Å². The number of amides is 1. The SMILES string of the molecule is Cc1nc(COc2ccccc2C=CC(=O)NC(C)c2ccc(-n3ccnc3)cc2)cs1. The van der Waals surface area contributed by atoms with Crippen molar-refractivity contribution < 1.29 is 9.53 Å². The fraction of sp³-hybridized carbons (Fsp3) is 0.160. The summed E-state index contributed by atoms with van der Waals surface area (Å²) in [5.74, 6) is 0.548. The lowest BCUT2D eigenvalue weighted by Crippen LogP contribution is -2.24. The van der Waals surface area contributed by atoms with E-state index < -0.39 is 0 Å². The Hall–Kier alpha value is -3.71. The number of nitrogens with one attached hydrogen (secondary N) is 1. The molecule has 0 fully saturated rings. The molecule has 0 spiro atoms. The van der Waals surface area contributed by atoms with Crippen LogP contribution in [0.3, 0.4) is 0 Å². The number of benzene rings is 2. The first-order valence-corrected chi connectivity index (χ1v) is 11.2. The van der Waals surface area contributed by atoms with Crippen LogP contribution in [0.25, 0.3) is 11.8 Å². The molecule has 4 rings (SSSR count). The summed E-state index contributed by atoms with van der Waals surface area (Å²) in [6.45, 7) is 4.33. The number of aryl methyl sites for hydroxylation is 1. The third-order valence-electron chi connectivity index (χ3n) is 4.93. The highest BCUT2D eigenvalue weighted by Gasteiger charge is 2.09. The van der Waals surface area contributed by atoms with Gasteiger partial charge in [0, 0.05) is 35.1 Å². The van der Waals surface area contributed by atoms with Crippen molar-refractivity contribution in [3.63, 3.8) is 0 Å². The monoisotopic (exact) mass is 444 g/mol. The van der Waals surface area contributed by atoms with Crippen LogP contribution in [-0.2, 0) is 11.4 Å². The molecule has 0 aliphatic heterocycles. The molecule has 2 aromatic heterocycles. The second-order valence-electron chi connectivity index (χ2n) is 7.31. The van der Waals surface area contributed by atoms with Crippen molar-refractivity contribution in [3.05, 3.63) is 101 Å². The summed E-state index contributed by atoms with van der Waals surface area (Å²) in [7, 11) is 0. The highest BCUT2D eigenvalue weighted by molar-refractivity contribution is 7.09. The molecule has 7 heteroatoms. The van der Waals surface area contributed by atoms with Crippen LogP contribution in [0.5, 0.6) is 5.75 Å². The molecular weight excluding hydrogens is 420 g/mol.